The minimum absolute atomic E-state index is 0.139. The second kappa shape index (κ2) is 17.4. The molecule has 3 aromatic rings. The Morgan fingerprint density at radius 1 is 0.830 bits per heavy atom. The zero-order valence-electron chi connectivity index (χ0n) is 28.3. The lowest BCUT2D eigenvalue weighted by atomic mass is 9.98. The summed E-state index contributed by atoms with van der Waals surface area (Å²) >= 11 is 1.50. The number of pyridine rings is 2. The lowest BCUT2D eigenvalue weighted by Crippen LogP contribution is -2.29. The Hall–Kier alpha value is -3.73. The molecule has 0 unspecified atom stereocenters. The summed E-state index contributed by atoms with van der Waals surface area (Å²) < 4.78 is 20.6. The molecule has 252 valence electrons. The number of aromatic nitrogens is 2. The number of ketones is 1. The third-order valence-corrected chi connectivity index (χ3v) is 8.89. The number of hydrogen-bond donors (Lipinski definition) is 1. The quantitative estimate of drug-likeness (QED) is 0.0779. The standard InChI is InChI=1S/C37H48N4O5S/c1-36(2,20-10-8-17-30(42)28-15-12-22-38-27-28)45-25-14-26-46-37(3,4)21-13-24-44-34-29-16-6-7-18-31(29)47-41(5)33(34)35(43)40-32-19-9-11-23-39-32/h6-7,9,11-12,15-16,18-19,22-23,27H,8,10,13-14,17,20-21,24-26H2,1-5H3,(H,39,40,43). The van der Waals surface area contributed by atoms with Crippen LogP contribution in [0.1, 0.15) is 88.6 Å². The Kier molecular flexibility index (Phi) is 13.4. The van der Waals surface area contributed by atoms with Crippen molar-refractivity contribution in [2.24, 2.45) is 0 Å². The van der Waals surface area contributed by atoms with E-state index in [4.69, 9.17) is 14.2 Å². The third-order valence-electron chi connectivity index (χ3n) is 7.88. The maximum absolute atomic E-state index is 13.4. The first kappa shape index (κ1) is 36.1. The Balaban J connectivity index is 1.18. The second-order valence-corrected chi connectivity index (χ2v) is 14.0. The molecule has 10 heteroatoms. The fourth-order valence-electron chi connectivity index (χ4n) is 5.28. The summed E-state index contributed by atoms with van der Waals surface area (Å²) in [6, 6.07) is 17.0. The van der Waals surface area contributed by atoms with E-state index in [9.17, 15) is 9.59 Å². The van der Waals surface area contributed by atoms with E-state index in [0.717, 1.165) is 49.0 Å². The van der Waals surface area contributed by atoms with Crippen LogP contribution >= 0.6 is 11.9 Å². The van der Waals surface area contributed by atoms with Gasteiger partial charge in [0.2, 0.25) is 0 Å². The number of unbranched alkanes of at least 4 members (excludes halogenated alkanes) is 1. The number of ether oxygens (including phenoxy) is 3. The van der Waals surface area contributed by atoms with Crippen molar-refractivity contribution in [3.8, 4) is 0 Å². The summed E-state index contributed by atoms with van der Waals surface area (Å²) in [6.45, 7) is 10.0. The SMILES string of the molecule is CN1Sc2ccccc2C(OCCCC(C)(C)OCCCOC(C)(C)CCCCC(=O)c2cccnc2)=C1C(=O)Nc1ccccn1. The molecule has 47 heavy (non-hydrogen) atoms. The van der Waals surface area contributed by atoms with E-state index in [2.05, 4.69) is 43.0 Å². The van der Waals surface area contributed by atoms with E-state index in [1.54, 1.807) is 30.7 Å². The zero-order valence-corrected chi connectivity index (χ0v) is 29.1. The predicted octanol–water partition coefficient (Wildman–Crippen LogP) is 7.96. The van der Waals surface area contributed by atoms with Gasteiger partial charge in [-0.15, -0.1) is 0 Å². The molecule has 0 radical (unpaired) electrons. The van der Waals surface area contributed by atoms with Gasteiger partial charge < -0.3 is 23.8 Å². The molecule has 9 nitrogen and oxygen atoms in total. The Morgan fingerprint density at radius 2 is 1.55 bits per heavy atom. The molecular formula is C37H48N4O5S. The van der Waals surface area contributed by atoms with E-state index in [0.29, 0.717) is 49.1 Å². The molecule has 3 heterocycles. The van der Waals surface area contributed by atoms with Gasteiger partial charge >= 0.3 is 0 Å². The molecule has 1 aliphatic heterocycles. The number of anilines is 1. The van der Waals surface area contributed by atoms with Gasteiger partial charge in [-0.05, 0) is 108 Å². The molecule has 1 N–H and O–H groups in total. The van der Waals surface area contributed by atoms with Crippen LogP contribution in [0.15, 0.2) is 83.8 Å². The largest absolute Gasteiger partial charge is 0.490 e. The molecule has 0 bridgehead atoms. The van der Waals surface area contributed by atoms with E-state index in [1.165, 1.54) is 11.9 Å². The first-order valence-electron chi connectivity index (χ1n) is 16.4. The molecule has 0 saturated heterocycles. The lowest BCUT2D eigenvalue weighted by molar-refractivity contribution is -0.113. The molecule has 1 aromatic carbocycles. The minimum atomic E-state index is -0.329. The number of likely N-dealkylation sites (N-methyl/N-ethyl adjacent to an activating group) is 1. The highest BCUT2D eigenvalue weighted by Crippen LogP contribution is 2.40. The number of nitrogens with one attached hydrogen (secondary N) is 1. The van der Waals surface area contributed by atoms with Crippen LogP contribution in [0.4, 0.5) is 5.82 Å². The van der Waals surface area contributed by atoms with Gasteiger partial charge in [0.1, 0.15) is 5.82 Å². The van der Waals surface area contributed by atoms with Gasteiger partial charge in [-0.3, -0.25) is 14.6 Å². The number of Topliss-reactive ketones (excluding diaryl/α,β-unsaturated/α-hetero) is 1. The molecule has 1 amide bonds. The van der Waals surface area contributed by atoms with Gasteiger partial charge in [-0.25, -0.2) is 4.98 Å². The molecule has 0 spiro atoms. The second-order valence-electron chi connectivity index (χ2n) is 12.8. The topological polar surface area (TPSA) is 103 Å². The van der Waals surface area contributed by atoms with Gasteiger partial charge in [-0.2, -0.15) is 0 Å². The summed E-state index contributed by atoms with van der Waals surface area (Å²) in [5.74, 6) is 0.918. The van der Waals surface area contributed by atoms with E-state index in [1.807, 2.05) is 53.8 Å². The molecular weight excluding hydrogens is 612 g/mol. The van der Waals surface area contributed by atoms with Crippen LogP contribution in [-0.4, -0.2) is 64.0 Å². The van der Waals surface area contributed by atoms with Gasteiger partial charge in [0.25, 0.3) is 5.91 Å². The van der Waals surface area contributed by atoms with Crippen LogP contribution in [0.25, 0.3) is 5.76 Å². The smallest absolute Gasteiger partial charge is 0.277 e. The maximum Gasteiger partial charge on any atom is 0.277 e. The number of carbonyl (C=O) groups excluding carboxylic acids is 2. The Labute approximate surface area is 283 Å². The van der Waals surface area contributed by atoms with Crippen molar-refractivity contribution in [2.45, 2.75) is 88.7 Å². The Bertz CT molecular complexity index is 1480. The summed E-state index contributed by atoms with van der Waals surface area (Å²) in [4.78, 5) is 35.0. The van der Waals surface area contributed by atoms with Crippen molar-refractivity contribution in [1.29, 1.82) is 0 Å². The highest BCUT2D eigenvalue weighted by molar-refractivity contribution is 7.97. The predicted molar refractivity (Wildman–Crippen MR) is 187 cm³/mol. The van der Waals surface area contributed by atoms with Crippen molar-refractivity contribution in [1.82, 2.24) is 14.3 Å². The van der Waals surface area contributed by atoms with Gasteiger partial charge in [0.15, 0.2) is 17.2 Å². The Morgan fingerprint density at radius 3 is 2.26 bits per heavy atom. The summed E-state index contributed by atoms with van der Waals surface area (Å²) in [6.07, 6.45) is 10.5. The van der Waals surface area contributed by atoms with Gasteiger partial charge in [0, 0.05) is 61.3 Å². The highest BCUT2D eigenvalue weighted by atomic mass is 32.2. The summed E-state index contributed by atoms with van der Waals surface area (Å²) in [7, 11) is 1.87. The number of carbonyl (C=O) groups is 2. The molecule has 2 aromatic heterocycles. The van der Waals surface area contributed by atoms with E-state index < -0.39 is 0 Å². The monoisotopic (exact) mass is 660 g/mol. The van der Waals surface area contributed by atoms with Crippen molar-refractivity contribution in [2.75, 3.05) is 32.2 Å². The first-order chi connectivity index (χ1) is 22.5. The normalized spacial score (nSPS) is 13.3. The molecule has 4 rings (SSSR count). The fourth-order valence-corrected chi connectivity index (χ4v) is 6.23. The number of nitrogens with zero attached hydrogens (tertiary/aromatic N) is 3. The van der Waals surface area contributed by atoms with Crippen molar-refractivity contribution >= 4 is 35.2 Å². The summed E-state index contributed by atoms with van der Waals surface area (Å²) in [5, 5.41) is 2.90. The molecule has 0 saturated carbocycles. The van der Waals surface area contributed by atoms with Crippen LogP contribution in [0.3, 0.4) is 0 Å². The average molecular weight is 661 g/mol. The minimum Gasteiger partial charge on any atom is -0.490 e. The number of amides is 1. The van der Waals surface area contributed by atoms with Crippen LogP contribution in [-0.2, 0) is 19.0 Å². The third kappa shape index (κ3) is 11.5. The summed E-state index contributed by atoms with van der Waals surface area (Å²) in [5.41, 5.74) is 1.45. The van der Waals surface area contributed by atoms with Crippen LogP contribution in [0, 0.1) is 0 Å². The number of hydrogen-bond acceptors (Lipinski definition) is 9. The molecule has 1 aliphatic rings. The van der Waals surface area contributed by atoms with Crippen LogP contribution in [0.5, 0.6) is 0 Å². The van der Waals surface area contributed by atoms with E-state index >= 15 is 0 Å². The maximum atomic E-state index is 13.4. The number of rotatable bonds is 19. The van der Waals surface area contributed by atoms with Gasteiger partial charge in [-0.1, -0.05) is 24.6 Å². The molecule has 0 fully saturated rings. The first-order valence-corrected chi connectivity index (χ1v) is 17.1. The van der Waals surface area contributed by atoms with Crippen LogP contribution in [0.2, 0.25) is 0 Å². The lowest BCUT2D eigenvalue weighted by Gasteiger charge is -2.30. The van der Waals surface area contributed by atoms with Crippen molar-refractivity contribution < 1.29 is 23.8 Å². The van der Waals surface area contributed by atoms with Crippen LogP contribution < -0.4 is 5.32 Å². The van der Waals surface area contributed by atoms with Crippen molar-refractivity contribution in [3.63, 3.8) is 0 Å². The fraction of sp³-hybridized carbons (Fsp3) is 0.459. The number of benzene rings is 1. The average Bonchev–Trinajstić information content (AvgIpc) is 3.05. The zero-order chi connectivity index (χ0) is 33.7. The molecule has 0 atom stereocenters. The van der Waals surface area contributed by atoms with Crippen molar-refractivity contribution in [3.05, 3.63) is 90.0 Å². The van der Waals surface area contributed by atoms with E-state index in [-0.39, 0.29) is 22.9 Å². The number of fused-ring (bicyclic) bond motifs is 1. The molecule has 0 aliphatic carbocycles. The van der Waals surface area contributed by atoms with Gasteiger partial charge in [0.05, 0.1) is 17.8 Å². The highest BCUT2D eigenvalue weighted by Gasteiger charge is 2.30.